The minimum absolute atomic E-state index is 0.330. The molecule has 8 heteroatoms. The molecule has 0 aromatic carbocycles. The van der Waals surface area contributed by atoms with Crippen molar-refractivity contribution in [2.24, 2.45) is 0 Å². The number of halogens is 1. The first-order chi connectivity index (χ1) is 12.5. The first kappa shape index (κ1) is 23.1. The summed E-state index contributed by atoms with van der Waals surface area (Å²) in [6.07, 6.45) is 0.0719. The normalized spacial score (nSPS) is 28.6. The lowest BCUT2D eigenvalue weighted by molar-refractivity contribution is -0.251. The number of carbonyl (C=O) groups is 2. The molecule has 26 heavy (non-hydrogen) atoms. The third-order valence-corrected chi connectivity index (χ3v) is 4.41. The van der Waals surface area contributed by atoms with Gasteiger partial charge in [-0.1, -0.05) is 26.7 Å². The Balaban J connectivity index is 3.05. The highest BCUT2D eigenvalue weighted by Crippen LogP contribution is 2.29. The molecule has 0 N–H and O–H groups in total. The Morgan fingerprint density at radius 3 is 2.08 bits per heavy atom. The molecular formula is C18H31ClO7. The van der Waals surface area contributed by atoms with Gasteiger partial charge in [0.15, 0.2) is 12.2 Å². The van der Waals surface area contributed by atoms with E-state index in [1.54, 1.807) is 0 Å². The van der Waals surface area contributed by atoms with E-state index in [1.807, 2.05) is 13.8 Å². The highest BCUT2D eigenvalue weighted by atomic mass is 35.5. The van der Waals surface area contributed by atoms with E-state index in [0.29, 0.717) is 13.2 Å². The standard InChI is InChI=1S/C18H31ClO7/c1-5-7-9-23-14-12(3)25-17(18(21)22-4)16(26-13(20)11-19)15(14)24-10-8-6-2/h12,14-17H,5-11H2,1-4H3/t12?,14?,15?,16-,17?/m0/s1. The maximum Gasteiger partial charge on any atom is 0.339 e. The van der Waals surface area contributed by atoms with E-state index in [2.05, 4.69) is 6.92 Å². The van der Waals surface area contributed by atoms with Crippen LogP contribution in [-0.4, -0.2) is 68.7 Å². The minimum Gasteiger partial charge on any atom is -0.467 e. The molecule has 0 saturated carbocycles. The molecule has 0 aromatic heterocycles. The Kier molecular flexibility index (Phi) is 11.1. The summed E-state index contributed by atoms with van der Waals surface area (Å²) in [5.41, 5.74) is 0. The van der Waals surface area contributed by atoms with Crippen molar-refractivity contribution in [3.63, 3.8) is 0 Å². The van der Waals surface area contributed by atoms with Gasteiger partial charge >= 0.3 is 11.9 Å². The molecule has 152 valence electrons. The van der Waals surface area contributed by atoms with Crippen molar-refractivity contribution < 1.29 is 33.3 Å². The fourth-order valence-corrected chi connectivity index (χ4v) is 2.84. The molecule has 0 spiro atoms. The van der Waals surface area contributed by atoms with Gasteiger partial charge in [0, 0.05) is 13.2 Å². The molecule has 0 bridgehead atoms. The van der Waals surface area contributed by atoms with Crippen LogP contribution in [0.1, 0.15) is 46.5 Å². The molecule has 1 saturated heterocycles. The number of rotatable bonds is 11. The molecule has 5 atom stereocenters. The monoisotopic (exact) mass is 394 g/mol. The lowest BCUT2D eigenvalue weighted by Crippen LogP contribution is -2.62. The van der Waals surface area contributed by atoms with E-state index in [4.69, 9.17) is 35.3 Å². The number of esters is 2. The molecular weight excluding hydrogens is 364 g/mol. The smallest absolute Gasteiger partial charge is 0.339 e. The summed E-state index contributed by atoms with van der Waals surface area (Å²) in [6, 6.07) is 0. The van der Waals surface area contributed by atoms with Crippen molar-refractivity contribution in [1.82, 2.24) is 0 Å². The first-order valence-corrected chi connectivity index (χ1v) is 9.75. The molecule has 0 aromatic rings. The third-order valence-electron chi connectivity index (χ3n) is 4.20. The van der Waals surface area contributed by atoms with Gasteiger partial charge in [0.25, 0.3) is 0 Å². The second-order valence-electron chi connectivity index (χ2n) is 6.25. The molecule has 0 aliphatic carbocycles. The van der Waals surface area contributed by atoms with Crippen LogP contribution in [0.2, 0.25) is 0 Å². The summed E-state index contributed by atoms with van der Waals surface area (Å²) in [6.45, 7) is 6.92. The zero-order valence-electron chi connectivity index (χ0n) is 16.1. The van der Waals surface area contributed by atoms with E-state index in [1.165, 1.54) is 7.11 Å². The predicted molar refractivity (Wildman–Crippen MR) is 96.2 cm³/mol. The summed E-state index contributed by atoms with van der Waals surface area (Å²) < 4.78 is 27.9. The third kappa shape index (κ3) is 6.68. The Labute approximate surface area is 160 Å². The summed E-state index contributed by atoms with van der Waals surface area (Å²) in [7, 11) is 1.26. The molecule has 1 aliphatic heterocycles. The van der Waals surface area contributed by atoms with Gasteiger partial charge in [-0.05, 0) is 19.8 Å². The van der Waals surface area contributed by atoms with Crippen molar-refractivity contribution in [2.75, 3.05) is 26.2 Å². The number of hydrogen-bond acceptors (Lipinski definition) is 7. The van der Waals surface area contributed by atoms with Crippen molar-refractivity contribution in [3.8, 4) is 0 Å². The molecule has 1 fully saturated rings. The number of alkyl halides is 1. The number of methoxy groups -OCH3 is 1. The predicted octanol–water partition coefficient (Wildman–Crippen LogP) is 2.47. The zero-order chi connectivity index (χ0) is 19.5. The lowest BCUT2D eigenvalue weighted by Gasteiger charge is -2.43. The Morgan fingerprint density at radius 1 is 1.00 bits per heavy atom. The fraction of sp³-hybridized carbons (Fsp3) is 0.889. The molecule has 7 nitrogen and oxygen atoms in total. The van der Waals surface area contributed by atoms with Crippen LogP contribution >= 0.6 is 11.6 Å². The van der Waals surface area contributed by atoms with Gasteiger partial charge in [0.2, 0.25) is 0 Å². The maximum atomic E-state index is 12.2. The molecule has 0 radical (unpaired) electrons. The summed E-state index contributed by atoms with van der Waals surface area (Å²) in [5, 5.41) is 0. The Morgan fingerprint density at radius 2 is 1.58 bits per heavy atom. The SMILES string of the molecule is CCCCOC1C(C)OC(C(=O)OC)[C@@H](OC(=O)CCl)C1OCCCC. The topological polar surface area (TPSA) is 80.3 Å². The number of hydrogen-bond donors (Lipinski definition) is 0. The van der Waals surface area contributed by atoms with Gasteiger partial charge < -0.3 is 23.7 Å². The van der Waals surface area contributed by atoms with Gasteiger partial charge in [-0.3, -0.25) is 4.79 Å². The first-order valence-electron chi connectivity index (χ1n) is 9.21. The summed E-state index contributed by atoms with van der Waals surface area (Å²) >= 11 is 5.57. The molecule has 4 unspecified atom stereocenters. The second-order valence-corrected chi connectivity index (χ2v) is 6.52. The van der Waals surface area contributed by atoms with Crippen LogP contribution in [0, 0.1) is 0 Å². The minimum atomic E-state index is -1.08. The highest BCUT2D eigenvalue weighted by Gasteiger charge is 2.51. The van der Waals surface area contributed by atoms with Gasteiger partial charge in [-0.2, -0.15) is 0 Å². The van der Waals surface area contributed by atoms with Crippen LogP contribution < -0.4 is 0 Å². The van der Waals surface area contributed by atoms with E-state index in [-0.39, 0.29) is 5.88 Å². The van der Waals surface area contributed by atoms with Crippen LogP contribution in [0.25, 0.3) is 0 Å². The molecule has 1 aliphatic rings. The van der Waals surface area contributed by atoms with Crippen LogP contribution in [0.4, 0.5) is 0 Å². The van der Waals surface area contributed by atoms with Crippen LogP contribution in [0.3, 0.4) is 0 Å². The van der Waals surface area contributed by atoms with Crippen molar-refractivity contribution in [2.45, 2.75) is 77.0 Å². The van der Waals surface area contributed by atoms with Gasteiger partial charge in [-0.15, -0.1) is 11.6 Å². The fourth-order valence-electron chi connectivity index (χ4n) is 2.78. The largest absolute Gasteiger partial charge is 0.467 e. The second kappa shape index (κ2) is 12.5. The van der Waals surface area contributed by atoms with E-state index in [9.17, 15) is 9.59 Å². The van der Waals surface area contributed by atoms with E-state index < -0.39 is 42.5 Å². The molecule has 1 rings (SSSR count). The number of unbranched alkanes of at least 4 members (excludes halogenated alkanes) is 2. The van der Waals surface area contributed by atoms with Crippen molar-refractivity contribution in [3.05, 3.63) is 0 Å². The Bertz CT molecular complexity index is 432. The quantitative estimate of drug-likeness (QED) is 0.302. The van der Waals surface area contributed by atoms with E-state index in [0.717, 1.165) is 25.7 Å². The van der Waals surface area contributed by atoms with Gasteiger partial charge in [0.1, 0.15) is 18.1 Å². The highest BCUT2D eigenvalue weighted by molar-refractivity contribution is 6.26. The Hall–Kier alpha value is -0.890. The van der Waals surface area contributed by atoms with Crippen molar-refractivity contribution >= 4 is 23.5 Å². The van der Waals surface area contributed by atoms with E-state index >= 15 is 0 Å². The van der Waals surface area contributed by atoms with Gasteiger partial charge in [0.05, 0.1) is 13.2 Å². The van der Waals surface area contributed by atoms with Crippen LogP contribution in [0.15, 0.2) is 0 Å². The summed E-state index contributed by atoms with van der Waals surface area (Å²) in [5.74, 6) is -1.61. The maximum absolute atomic E-state index is 12.2. The van der Waals surface area contributed by atoms with Crippen LogP contribution in [0.5, 0.6) is 0 Å². The molecule has 1 heterocycles. The number of ether oxygens (including phenoxy) is 5. The average Bonchev–Trinajstić information content (AvgIpc) is 2.64. The van der Waals surface area contributed by atoms with Gasteiger partial charge in [-0.25, -0.2) is 4.79 Å². The summed E-state index contributed by atoms with van der Waals surface area (Å²) in [4.78, 5) is 24.0. The zero-order valence-corrected chi connectivity index (χ0v) is 16.8. The molecule has 0 amide bonds. The van der Waals surface area contributed by atoms with Crippen LogP contribution in [-0.2, 0) is 33.3 Å². The van der Waals surface area contributed by atoms with Crippen molar-refractivity contribution in [1.29, 1.82) is 0 Å². The average molecular weight is 395 g/mol. The lowest BCUT2D eigenvalue weighted by atomic mass is 9.94. The number of carbonyl (C=O) groups excluding carboxylic acids is 2.